The molecule has 1 aliphatic heterocycles. The van der Waals surface area contributed by atoms with Crippen molar-refractivity contribution in [1.82, 2.24) is 4.98 Å². The summed E-state index contributed by atoms with van der Waals surface area (Å²) in [5.74, 6) is 1.68. The molecular formula is C12H18BrN3. The second kappa shape index (κ2) is 5.15. The van der Waals surface area contributed by atoms with Gasteiger partial charge in [-0.3, -0.25) is 0 Å². The fourth-order valence-corrected chi connectivity index (χ4v) is 2.94. The lowest BCUT2D eigenvalue weighted by Crippen LogP contribution is -2.49. The van der Waals surface area contributed by atoms with Crippen molar-refractivity contribution in [2.75, 3.05) is 18.0 Å². The molecular weight excluding hydrogens is 266 g/mol. The molecule has 0 amide bonds. The van der Waals surface area contributed by atoms with Crippen LogP contribution in [-0.4, -0.2) is 24.1 Å². The average Bonchev–Trinajstić information content (AvgIpc) is 2.29. The molecule has 2 heterocycles. The van der Waals surface area contributed by atoms with Crippen LogP contribution < -0.4 is 10.6 Å². The van der Waals surface area contributed by atoms with Crippen LogP contribution in [0.3, 0.4) is 0 Å². The van der Waals surface area contributed by atoms with Gasteiger partial charge in [0.25, 0.3) is 0 Å². The lowest BCUT2D eigenvalue weighted by atomic mass is 9.91. The molecule has 1 saturated heterocycles. The van der Waals surface area contributed by atoms with Crippen LogP contribution in [0.2, 0.25) is 0 Å². The number of nitrogens with zero attached hydrogens (tertiary/aromatic N) is 2. The van der Waals surface area contributed by atoms with Crippen LogP contribution in [0.5, 0.6) is 0 Å². The van der Waals surface area contributed by atoms with Crippen LogP contribution in [0, 0.1) is 5.92 Å². The largest absolute Gasteiger partial charge is 0.351 e. The van der Waals surface area contributed by atoms with Gasteiger partial charge >= 0.3 is 0 Å². The first-order valence-electron chi connectivity index (χ1n) is 5.81. The van der Waals surface area contributed by atoms with E-state index in [4.69, 9.17) is 5.73 Å². The second-order valence-corrected chi connectivity index (χ2v) is 5.28. The summed E-state index contributed by atoms with van der Waals surface area (Å²) < 4.78 is 1.06. The lowest BCUT2D eigenvalue weighted by Gasteiger charge is -2.40. The molecule has 0 aliphatic carbocycles. The summed E-state index contributed by atoms with van der Waals surface area (Å²) in [5.41, 5.74) is 5.89. The molecule has 1 aliphatic rings. The Morgan fingerprint density at radius 3 is 3.12 bits per heavy atom. The molecule has 2 N–H and O–H groups in total. The highest BCUT2D eigenvalue weighted by Gasteiger charge is 2.29. The molecule has 3 nitrogen and oxygen atoms in total. The fraction of sp³-hybridized carbons (Fsp3) is 0.583. The van der Waals surface area contributed by atoms with Crippen LogP contribution in [0.25, 0.3) is 0 Å². The Kier molecular flexibility index (Phi) is 3.82. The minimum Gasteiger partial charge on any atom is -0.351 e. The van der Waals surface area contributed by atoms with E-state index in [1.807, 2.05) is 18.3 Å². The van der Waals surface area contributed by atoms with Crippen molar-refractivity contribution in [3.05, 3.63) is 22.8 Å². The quantitative estimate of drug-likeness (QED) is 0.906. The lowest BCUT2D eigenvalue weighted by molar-refractivity contribution is 0.347. The van der Waals surface area contributed by atoms with Crippen LogP contribution in [0.4, 0.5) is 5.82 Å². The minimum atomic E-state index is 0.417. The standard InChI is InChI=1S/C12H18BrN3/c1-9-4-3-7-16(11(9)8-14)12-10(13)5-2-6-15-12/h2,5-6,9,11H,3-4,7-8,14H2,1H3. The molecule has 0 radical (unpaired) electrons. The molecule has 2 atom stereocenters. The van der Waals surface area contributed by atoms with E-state index in [1.54, 1.807) is 0 Å². The molecule has 0 bridgehead atoms. The van der Waals surface area contributed by atoms with Gasteiger partial charge in [0.2, 0.25) is 0 Å². The van der Waals surface area contributed by atoms with Crippen molar-refractivity contribution in [2.45, 2.75) is 25.8 Å². The van der Waals surface area contributed by atoms with E-state index in [1.165, 1.54) is 12.8 Å². The zero-order valence-electron chi connectivity index (χ0n) is 9.56. The summed E-state index contributed by atoms with van der Waals surface area (Å²) in [7, 11) is 0. The SMILES string of the molecule is CC1CCCN(c2ncccc2Br)C1CN. The topological polar surface area (TPSA) is 42.2 Å². The molecule has 0 saturated carbocycles. The van der Waals surface area contributed by atoms with Crippen molar-refractivity contribution in [3.8, 4) is 0 Å². The Labute approximate surface area is 105 Å². The Morgan fingerprint density at radius 2 is 2.44 bits per heavy atom. The van der Waals surface area contributed by atoms with Gasteiger partial charge in [-0.2, -0.15) is 0 Å². The molecule has 0 aromatic carbocycles. The number of halogens is 1. The second-order valence-electron chi connectivity index (χ2n) is 4.42. The highest BCUT2D eigenvalue weighted by molar-refractivity contribution is 9.10. The molecule has 2 unspecified atom stereocenters. The minimum absolute atomic E-state index is 0.417. The number of aromatic nitrogens is 1. The summed E-state index contributed by atoms with van der Waals surface area (Å²) in [4.78, 5) is 6.80. The maximum absolute atomic E-state index is 5.89. The first kappa shape index (κ1) is 11.9. The first-order valence-corrected chi connectivity index (χ1v) is 6.60. The number of anilines is 1. The molecule has 2 rings (SSSR count). The van der Waals surface area contributed by atoms with Gasteiger partial charge in [0, 0.05) is 25.3 Å². The first-order chi connectivity index (χ1) is 7.74. The predicted molar refractivity (Wildman–Crippen MR) is 70.5 cm³/mol. The van der Waals surface area contributed by atoms with E-state index in [0.29, 0.717) is 18.5 Å². The molecule has 4 heteroatoms. The fourth-order valence-electron chi connectivity index (χ4n) is 2.46. The molecule has 88 valence electrons. The average molecular weight is 284 g/mol. The van der Waals surface area contributed by atoms with Gasteiger partial charge < -0.3 is 10.6 Å². The summed E-state index contributed by atoms with van der Waals surface area (Å²) in [6.45, 7) is 4.03. The zero-order chi connectivity index (χ0) is 11.5. The molecule has 1 aromatic heterocycles. The third-order valence-electron chi connectivity index (χ3n) is 3.37. The van der Waals surface area contributed by atoms with Crippen molar-refractivity contribution in [1.29, 1.82) is 0 Å². The Hall–Kier alpha value is -0.610. The molecule has 1 aromatic rings. The van der Waals surface area contributed by atoms with Gasteiger partial charge in [0.1, 0.15) is 5.82 Å². The zero-order valence-corrected chi connectivity index (χ0v) is 11.2. The highest BCUT2D eigenvalue weighted by Crippen LogP contribution is 2.31. The predicted octanol–water partition coefficient (Wildman–Crippen LogP) is 2.41. The van der Waals surface area contributed by atoms with Crippen molar-refractivity contribution in [2.24, 2.45) is 11.7 Å². The number of hydrogen-bond acceptors (Lipinski definition) is 3. The van der Waals surface area contributed by atoms with Crippen LogP contribution >= 0.6 is 15.9 Å². The Balaban J connectivity index is 2.28. The van der Waals surface area contributed by atoms with E-state index in [9.17, 15) is 0 Å². The van der Waals surface area contributed by atoms with Gasteiger partial charge in [0.05, 0.1) is 4.47 Å². The maximum Gasteiger partial charge on any atom is 0.143 e. The molecule has 1 fully saturated rings. The van der Waals surface area contributed by atoms with Crippen molar-refractivity contribution >= 4 is 21.7 Å². The van der Waals surface area contributed by atoms with Gasteiger partial charge in [-0.05, 0) is 46.8 Å². The van der Waals surface area contributed by atoms with Crippen LogP contribution in [-0.2, 0) is 0 Å². The smallest absolute Gasteiger partial charge is 0.143 e. The highest BCUT2D eigenvalue weighted by atomic mass is 79.9. The van der Waals surface area contributed by atoms with Crippen LogP contribution in [0.1, 0.15) is 19.8 Å². The van der Waals surface area contributed by atoms with E-state index in [-0.39, 0.29) is 0 Å². The maximum atomic E-state index is 5.89. The number of hydrogen-bond donors (Lipinski definition) is 1. The molecule has 0 spiro atoms. The monoisotopic (exact) mass is 283 g/mol. The van der Waals surface area contributed by atoms with Gasteiger partial charge in [0.15, 0.2) is 0 Å². The van der Waals surface area contributed by atoms with E-state index < -0.39 is 0 Å². The third-order valence-corrected chi connectivity index (χ3v) is 3.99. The summed E-state index contributed by atoms with van der Waals surface area (Å²) in [5, 5.41) is 0. The van der Waals surface area contributed by atoms with Crippen molar-refractivity contribution in [3.63, 3.8) is 0 Å². The van der Waals surface area contributed by atoms with Gasteiger partial charge in [-0.1, -0.05) is 6.92 Å². The van der Waals surface area contributed by atoms with Gasteiger partial charge in [-0.25, -0.2) is 4.98 Å². The number of pyridine rings is 1. The molecule has 16 heavy (non-hydrogen) atoms. The van der Waals surface area contributed by atoms with E-state index >= 15 is 0 Å². The number of piperidine rings is 1. The summed E-state index contributed by atoms with van der Waals surface area (Å²) in [6.07, 6.45) is 4.33. The Morgan fingerprint density at radius 1 is 1.62 bits per heavy atom. The summed E-state index contributed by atoms with van der Waals surface area (Å²) >= 11 is 3.56. The Bertz CT molecular complexity index is 356. The number of rotatable bonds is 2. The summed E-state index contributed by atoms with van der Waals surface area (Å²) in [6, 6.07) is 4.40. The number of nitrogens with two attached hydrogens (primary N) is 1. The normalized spacial score (nSPS) is 25.8. The van der Waals surface area contributed by atoms with E-state index in [2.05, 4.69) is 32.7 Å². The third kappa shape index (κ3) is 2.23. The van der Waals surface area contributed by atoms with E-state index in [0.717, 1.165) is 16.8 Å². The van der Waals surface area contributed by atoms with Gasteiger partial charge in [-0.15, -0.1) is 0 Å². The van der Waals surface area contributed by atoms with Crippen molar-refractivity contribution < 1.29 is 0 Å². The van der Waals surface area contributed by atoms with Crippen LogP contribution in [0.15, 0.2) is 22.8 Å².